The summed E-state index contributed by atoms with van der Waals surface area (Å²) in [6, 6.07) is 12.3. The first-order valence-corrected chi connectivity index (χ1v) is 14.8. The number of hydrogen-bond acceptors (Lipinski definition) is 6. The molecule has 43 heavy (non-hydrogen) atoms. The van der Waals surface area contributed by atoms with Gasteiger partial charge in [-0.05, 0) is 54.0 Å². The lowest BCUT2D eigenvalue weighted by Gasteiger charge is -2.37. The highest BCUT2D eigenvalue weighted by atomic mass is 16.2. The van der Waals surface area contributed by atoms with E-state index in [2.05, 4.69) is 10.6 Å². The summed E-state index contributed by atoms with van der Waals surface area (Å²) < 4.78 is 0. The number of nitrogens with zero attached hydrogens (tertiary/aromatic N) is 1. The number of carbonyl (C=O) groups is 6. The van der Waals surface area contributed by atoms with E-state index in [0.717, 1.165) is 11.1 Å². The van der Waals surface area contributed by atoms with Gasteiger partial charge in [0.25, 0.3) is 11.8 Å². The van der Waals surface area contributed by atoms with Crippen molar-refractivity contribution in [2.45, 2.75) is 79.4 Å². The zero-order valence-corrected chi connectivity index (χ0v) is 26.2. The van der Waals surface area contributed by atoms with Crippen LogP contribution in [0.25, 0.3) is 0 Å². The molecule has 3 rings (SSSR count). The second-order valence-electron chi connectivity index (χ2n) is 12.7. The van der Waals surface area contributed by atoms with Crippen LogP contribution in [0.5, 0.6) is 0 Å². The van der Waals surface area contributed by atoms with Crippen LogP contribution in [-0.2, 0) is 32.1 Å². The molecule has 2 aromatic rings. The van der Waals surface area contributed by atoms with Gasteiger partial charge in [0.2, 0.25) is 11.7 Å². The third-order valence-corrected chi connectivity index (χ3v) is 7.99. The molecule has 0 saturated heterocycles. The molecule has 1 aliphatic rings. The highest BCUT2D eigenvalue weighted by molar-refractivity contribution is 6.38. The molecule has 0 saturated carbocycles. The van der Waals surface area contributed by atoms with Crippen molar-refractivity contribution >= 4 is 35.1 Å². The minimum Gasteiger partial charge on any atom is -0.355 e. The van der Waals surface area contributed by atoms with Gasteiger partial charge in [-0.1, -0.05) is 65.0 Å². The average molecular weight is 590 g/mol. The summed E-state index contributed by atoms with van der Waals surface area (Å²) >= 11 is 0. The van der Waals surface area contributed by atoms with Gasteiger partial charge in [-0.2, -0.15) is 0 Å². The van der Waals surface area contributed by atoms with E-state index in [4.69, 9.17) is 0 Å². The van der Waals surface area contributed by atoms with Crippen LogP contribution in [0.1, 0.15) is 86.2 Å². The number of hydrogen-bond donors (Lipinski definition) is 2. The van der Waals surface area contributed by atoms with E-state index in [9.17, 15) is 28.8 Å². The summed E-state index contributed by atoms with van der Waals surface area (Å²) in [5.74, 6) is -3.48. The van der Waals surface area contributed by atoms with Gasteiger partial charge >= 0.3 is 0 Å². The highest BCUT2D eigenvalue weighted by Crippen LogP contribution is 2.32. The van der Waals surface area contributed by atoms with Gasteiger partial charge < -0.3 is 15.5 Å². The molecule has 2 N–H and O–H groups in total. The van der Waals surface area contributed by atoms with Crippen molar-refractivity contribution in [2.24, 2.45) is 17.3 Å². The first kappa shape index (κ1) is 33.4. The van der Waals surface area contributed by atoms with Gasteiger partial charge in [0.05, 0.1) is 6.04 Å². The van der Waals surface area contributed by atoms with E-state index < -0.39 is 40.9 Å². The van der Waals surface area contributed by atoms with Gasteiger partial charge in [0, 0.05) is 43.5 Å². The fourth-order valence-corrected chi connectivity index (χ4v) is 5.44. The van der Waals surface area contributed by atoms with Gasteiger partial charge in [-0.15, -0.1) is 0 Å². The van der Waals surface area contributed by atoms with Crippen LogP contribution in [0.15, 0.2) is 48.5 Å². The van der Waals surface area contributed by atoms with Gasteiger partial charge in [0.15, 0.2) is 11.6 Å². The van der Waals surface area contributed by atoms with Crippen LogP contribution in [-0.4, -0.2) is 59.1 Å². The smallest absolute Gasteiger partial charge is 0.255 e. The summed E-state index contributed by atoms with van der Waals surface area (Å²) in [6.07, 6.45) is 0.136. The zero-order chi connectivity index (χ0) is 32.1. The molecule has 0 unspecified atom stereocenters. The quantitative estimate of drug-likeness (QED) is 0.341. The van der Waals surface area contributed by atoms with Crippen LogP contribution in [0.3, 0.4) is 0 Å². The van der Waals surface area contributed by atoms with Crippen molar-refractivity contribution in [1.29, 1.82) is 0 Å². The normalized spacial score (nSPS) is 15.0. The van der Waals surface area contributed by atoms with Crippen molar-refractivity contribution in [1.82, 2.24) is 15.5 Å². The molecule has 230 valence electrons. The largest absolute Gasteiger partial charge is 0.355 e. The number of rotatable bonds is 13. The Morgan fingerprint density at radius 2 is 1.56 bits per heavy atom. The number of nitrogens with one attached hydrogen (secondary N) is 2. The number of carbonyl (C=O) groups excluding carboxylic acids is 6. The first-order valence-electron chi connectivity index (χ1n) is 14.8. The van der Waals surface area contributed by atoms with E-state index >= 15 is 0 Å². The minimum absolute atomic E-state index is 0.0125. The van der Waals surface area contributed by atoms with Crippen LogP contribution in [0, 0.1) is 17.3 Å². The number of amides is 3. The molecule has 3 amide bonds. The summed E-state index contributed by atoms with van der Waals surface area (Å²) in [4.78, 5) is 79.2. The number of aryl methyl sites for hydroxylation is 1. The molecule has 0 radical (unpaired) electrons. The van der Waals surface area contributed by atoms with Crippen molar-refractivity contribution in [3.8, 4) is 0 Å². The predicted octanol–water partition coefficient (Wildman–Crippen LogP) is 3.92. The SMILES string of the molecule is CNC(=O)c1ccc(CCC(=O)C(=O)[C@@H](CC(=O)[C@H](C)NC(=O)[C@@H](N2Cc3ccccc3C2=O)C(C)(C)C)C(C)C)cc1. The highest BCUT2D eigenvalue weighted by Gasteiger charge is 2.43. The third kappa shape index (κ3) is 8.03. The molecule has 0 spiro atoms. The Morgan fingerprint density at radius 3 is 2.12 bits per heavy atom. The van der Waals surface area contributed by atoms with E-state index in [1.165, 1.54) is 0 Å². The lowest BCUT2D eigenvalue weighted by atomic mass is 9.82. The Labute approximate surface area is 253 Å². The molecular formula is C34H43N3O6. The number of ketones is 3. The maximum atomic E-state index is 13.5. The van der Waals surface area contributed by atoms with Crippen LogP contribution in [0.2, 0.25) is 0 Å². The van der Waals surface area contributed by atoms with Crippen molar-refractivity contribution in [3.05, 3.63) is 70.8 Å². The predicted molar refractivity (Wildman–Crippen MR) is 163 cm³/mol. The van der Waals surface area contributed by atoms with E-state index in [1.54, 1.807) is 69.1 Å². The van der Waals surface area contributed by atoms with Crippen molar-refractivity contribution < 1.29 is 28.8 Å². The Balaban J connectivity index is 1.62. The lowest BCUT2D eigenvalue weighted by molar-refractivity contribution is -0.141. The molecule has 9 heteroatoms. The molecule has 9 nitrogen and oxygen atoms in total. The Morgan fingerprint density at radius 1 is 0.930 bits per heavy atom. The third-order valence-electron chi connectivity index (χ3n) is 7.99. The summed E-state index contributed by atoms with van der Waals surface area (Å²) in [6.45, 7) is 11.1. The van der Waals surface area contributed by atoms with E-state index in [-0.39, 0.29) is 36.4 Å². The fraction of sp³-hybridized carbons (Fsp3) is 0.471. The Kier molecular flexibility index (Phi) is 10.8. The Bertz CT molecular complexity index is 1390. The molecule has 0 fully saturated rings. The van der Waals surface area contributed by atoms with Gasteiger partial charge in [-0.25, -0.2) is 0 Å². The molecule has 3 atom stereocenters. The molecule has 0 aromatic heterocycles. The topological polar surface area (TPSA) is 130 Å². The zero-order valence-electron chi connectivity index (χ0n) is 26.2. The number of fused-ring (bicyclic) bond motifs is 1. The maximum absolute atomic E-state index is 13.5. The molecule has 0 bridgehead atoms. The Hall–Kier alpha value is -4.14. The molecule has 0 aliphatic carbocycles. The minimum atomic E-state index is -0.916. The van der Waals surface area contributed by atoms with Crippen molar-refractivity contribution in [3.63, 3.8) is 0 Å². The number of benzene rings is 2. The number of Topliss-reactive ketones (excluding diaryl/α,β-unsaturated/α-hetero) is 3. The maximum Gasteiger partial charge on any atom is 0.255 e. The van der Waals surface area contributed by atoms with Crippen molar-refractivity contribution in [2.75, 3.05) is 7.05 Å². The molecule has 1 heterocycles. The van der Waals surface area contributed by atoms with Gasteiger partial charge in [-0.3, -0.25) is 28.8 Å². The van der Waals surface area contributed by atoms with Crippen LogP contribution < -0.4 is 10.6 Å². The summed E-state index contributed by atoms with van der Waals surface area (Å²) in [7, 11) is 1.55. The van der Waals surface area contributed by atoms with Crippen LogP contribution in [0.4, 0.5) is 0 Å². The first-order chi connectivity index (χ1) is 20.1. The monoisotopic (exact) mass is 589 g/mol. The summed E-state index contributed by atoms with van der Waals surface area (Å²) in [5, 5.41) is 5.33. The second-order valence-corrected chi connectivity index (χ2v) is 12.7. The molecular weight excluding hydrogens is 546 g/mol. The van der Waals surface area contributed by atoms with Crippen LogP contribution >= 0.6 is 0 Å². The average Bonchev–Trinajstić information content (AvgIpc) is 3.28. The lowest BCUT2D eigenvalue weighted by Crippen LogP contribution is -2.56. The van der Waals surface area contributed by atoms with E-state index in [1.807, 2.05) is 32.9 Å². The summed E-state index contributed by atoms with van der Waals surface area (Å²) in [5.41, 5.74) is 2.12. The second kappa shape index (κ2) is 13.9. The standard InChI is InChI=1S/C34H43N3O6/c1-20(2)26(29(40)27(38)17-14-22-12-15-23(16-13-22)31(41)35-7)18-28(39)21(3)36-32(42)30(34(4,5)6)37-19-24-10-8-9-11-25(24)33(37)43/h8-13,15-16,20-21,26,30H,14,17-19H2,1-7H3,(H,35,41)(H,36,42)/t21-,26-,30+/m0/s1. The molecule has 1 aliphatic heterocycles. The van der Waals surface area contributed by atoms with Gasteiger partial charge in [0.1, 0.15) is 6.04 Å². The van der Waals surface area contributed by atoms with E-state index in [0.29, 0.717) is 24.1 Å². The fourth-order valence-electron chi connectivity index (χ4n) is 5.44. The molecule has 2 aromatic carbocycles.